The summed E-state index contributed by atoms with van der Waals surface area (Å²) in [7, 11) is 1.78. The number of rotatable bonds is 3. The maximum absolute atomic E-state index is 12.4. The number of carbonyl (C=O) groups excluding carboxylic acids is 1. The number of aryl methyl sites for hydroxylation is 2. The van der Waals surface area contributed by atoms with Gasteiger partial charge in [0.15, 0.2) is 5.96 Å². The third kappa shape index (κ3) is 3.95. The SMILES string of the molecule is CN=C(NCc1c(C)noc1C)N1CCN(C(=O)C2CCCO2)CC1. The molecule has 0 bridgehead atoms. The largest absolute Gasteiger partial charge is 0.368 e. The molecular weight excluding hydrogens is 322 g/mol. The monoisotopic (exact) mass is 349 g/mol. The van der Waals surface area contributed by atoms with Crippen molar-refractivity contribution in [2.45, 2.75) is 39.3 Å². The van der Waals surface area contributed by atoms with Gasteiger partial charge in [0.05, 0.1) is 5.69 Å². The lowest BCUT2D eigenvalue weighted by atomic mass is 10.2. The molecule has 3 rings (SSSR count). The molecule has 8 nitrogen and oxygen atoms in total. The van der Waals surface area contributed by atoms with Crippen LogP contribution in [0.1, 0.15) is 29.9 Å². The van der Waals surface area contributed by atoms with E-state index in [0.717, 1.165) is 48.9 Å². The van der Waals surface area contributed by atoms with E-state index in [9.17, 15) is 4.79 Å². The first kappa shape index (κ1) is 17.7. The predicted octanol–water partition coefficient (Wildman–Crippen LogP) is 0.690. The van der Waals surface area contributed by atoms with Gasteiger partial charge in [-0.25, -0.2) is 0 Å². The molecule has 1 amide bonds. The molecule has 0 aliphatic carbocycles. The van der Waals surface area contributed by atoms with E-state index in [2.05, 4.69) is 20.4 Å². The van der Waals surface area contributed by atoms with Gasteiger partial charge >= 0.3 is 0 Å². The molecular formula is C17H27N5O3. The quantitative estimate of drug-likeness (QED) is 0.639. The number of guanidine groups is 1. The standard InChI is InChI=1S/C17H27N5O3/c1-12-14(13(2)25-20-12)11-19-17(18-3)22-8-6-21(7-9-22)16(23)15-5-4-10-24-15/h15H,4-11H2,1-3H3,(H,18,19). The van der Waals surface area contributed by atoms with E-state index in [0.29, 0.717) is 26.2 Å². The summed E-state index contributed by atoms with van der Waals surface area (Å²) in [6.07, 6.45) is 1.59. The van der Waals surface area contributed by atoms with Crippen molar-refractivity contribution < 1.29 is 14.1 Å². The van der Waals surface area contributed by atoms with Crippen molar-refractivity contribution in [2.75, 3.05) is 39.8 Å². The van der Waals surface area contributed by atoms with Crippen LogP contribution in [0, 0.1) is 13.8 Å². The minimum atomic E-state index is -0.233. The van der Waals surface area contributed by atoms with Crippen molar-refractivity contribution in [3.8, 4) is 0 Å². The fraction of sp³-hybridized carbons (Fsp3) is 0.706. The topological polar surface area (TPSA) is 83.2 Å². The third-order valence-electron chi connectivity index (χ3n) is 4.91. The van der Waals surface area contributed by atoms with E-state index in [1.54, 1.807) is 7.05 Å². The Kier molecular flexibility index (Phi) is 5.57. The molecule has 25 heavy (non-hydrogen) atoms. The van der Waals surface area contributed by atoms with E-state index < -0.39 is 0 Å². The van der Waals surface area contributed by atoms with Crippen molar-refractivity contribution in [1.29, 1.82) is 0 Å². The van der Waals surface area contributed by atoms with Crippen LogP contribution in [-0.4, -0.2) is 72.8 Å². The molecule has 3 heterocycles. The zero-order valence-electron chi connectivity index (χ0n) is 15.2. The summed E-state index contributed by atoms with van der Waals surface area (Å²) in [5.74, 6) is 1.80. The van der Waals surface area contributed by atoms with E-state index in [1.807, 2.05) is 18.7 Å². The summed E-state index contributed by atoms with van der Waals surface area (Å²) < 4.78 is 10.7. The zero-order chi connectivity index (χ0) is 17.8. The Morgan fingerprint density at radius 3 is 2.56 bits per heavy atom. The number of piperazine rings is 1. The van der Waals surface area contributed by atoms with Gasteiger partial charge in [0.2, 0.25) is 0 Å². The van der Waals surface area contributed by atoms with E-state index in [1.165, 1.54) is 0 Å². The number of hydrogen-bond acceptors (Lipinski definition) is 5. The molecule has 138 valence electrons. The normalized spacial score (nSPS) is 21.7. The van der Waals surface area contributed by atoms with Gasteiger partial charge in [0, 0.05) is 51.9 Å². The van der Waals surface area contributed by atoms with Gasteiger partial charge < -0.3 is 24.4 Å². The van der Waals surface area contributed by atoms with Crippen molar-refractivity contribution >= 4 is 11.9 Å². The molecule has 1 aromatic rings. The van der Waals surface area contributed by atoms with Crippen LogP contribution in [0.3, 0.4) is 0 Å². The van der Waals surface area contributed by atoms with Crippen LogP contribution in [0.15, 0.2) is 9.52 Å². The molecule has 0 saturated carbocycles. The van der Waals surface area contributed by atoms with Crippen LogP contribution in [0.5, 0.6) is 0 Å². The lowest BCUT2D eigenvalue weighted by Crippen LogP contribution is -2.55. The Morgan fingerprint density at radius 2 is 2.00 bits per heavy atom. The zero-order valence-corrected chi connectivity index (χ0v) is 15.2. The number of aliphatic imine (C=N–C) groups is 1. The van der Waals surface area contributed by atoms with Gasteiger partial charge in [-0.15, -0.1) is 0 Å². The lowest BCUT2D eigenvalue weighted by molar-refractivity contribution is -0.142. The molecule has 2 aliphatic heterocycles. The number of aromatic nitrogens is 1. The van der Waals surface area contributed by atoms with E-state index in [4.69, 9.17) is 9.26 Å². The molecule has 0 radical (unpaired) electrons. The maximum Gasteiger partial charge on any atom is 0.251 e. The fourth-order valence-electron chi connectivity index (χ4n) is 3.37. The summed E-state index contributed by atoms with van der Waals surface area (Å²) >= 11 is 0. The highest BCUT2D eigenvalue weighted by atomic mass is 16.5. The minimum Gasteiger partial charge on any atom is -0.368 e. The van der Waals surface area contributed by atoms with E-state index in [-0.39, 0.29) is 12.0 Å². The third-order valence-corrected chi connectivity index (χ3v) is 4.91. The molecule has 1 aromatic heterocycles. The molecule has 1 unspecified atom stereocenters. The Hall–Kier alpha value is -2.09. The van der Waals surface area contributed by atoms with E-state index >= 15 is 0 Å². The second-order valence-electron chi connectivity index (χ2n) is 6.52. The van der Waals surface area contributed by atoms with Crippen LogP contribution < -0.4 is 5.32 Å². The maximum atomic E-state index is 12.4. The van der Waals surface area contributed by atoms with Gasteiger partial charge in [-0.2, -0.15) is 0 Å². The Bertz CT molecular complexity index is 609. The molecule has 8 heteroatoms. The molecule has 2 saturated heterocycles. The summed E-state index contributed by atoms with van der Waals surface area (Å²) in [6, 6.07) is 0. The summed E-state index contributed by atoms with van der Waals surface area (Å²) in [6.45, 7) is 8.10. The van der Waals surface area contributed by atoms with Gasteiger partial charge in [0.1, 0.15) is 11.9 Å². The van der Waals surface area contributed by atoms with Crippen LogP contribution in [0.25, 0.3) is 0 Å². The second-order valence-corrected chi connectivity index (χ2v) is 6.52. The Labute approximate surface area is 148 Å². The molecule has 1 atom stereocenters. The number of hydrogen-bond donors (Lipinski definition) is 1. The second kappa shape index (κ2) is 7.86. The molecule has 2 aliphatic rings. The highest BCUT2D eigenvalue weighted by Crippen LogP contribution is 2.16. The van der Waals surface area contributed by atoms with Crippen LogP contribution >= 0.6 is 0 Å². The molecule has 0 aromatic carbocycles. The summed E-state index contributed by atoms with van der Waals surface area (Å²) in [4.78, 5) is 20.9. The highest BCUT2D eigenvalue weighted by Gasteiger charge is 2.30. The van der Waals surface area contributed by atoms with Crippen molar-refractivity contribution in [3.05, 3.63) is 17.0 Å². The Balaban J connectivity index is 1.51. The summed E-state index contributed by atoms with van der Waals surface area (Å²) in [5, 5.41) is 7.35. The molecule has 0 spiro atoms. The van der Waals surface area contributed by atoms with Crippen molar-refractivity contribution in [1.82, 2.24) is 20.3 Å². The van der Waals surface area contributed by atoms with Crippen molar-refractivity contribution in [2.24, 2.45) is 4.99 Å². The Morgan fingerprint density at radius 1 is 1.28 bits per heavy atom. The first-order valence-electron chi connectivity index (χ1n) is 8.88. The number of nitrogens with zero attached hydrogens (tertiary/aromatic N) is 4. The van der Waals surface area contributed by atoms with Crippen molar-refractivity contribution in [3.63, 3.8) is 0 Å². The molecule has 2 fully saturated rings. The first-order valence-corrected chi connectivity index (χ1v) is 8.88. The van der Waals surface area contributed by atoms with Crippen LogP contribution in [0.2, 0.25) is 0 Å². The fourth-order valence-corrected chi connectivity index (χ4v) is 3.37. The first-order chi connectivity index (χ1) is 12.1. The van der Waals surface area contributed by atoms with Gasteiger partial charge in [0.25, 0.3) is 5.91 Å². The average molecular weight is 349 g/mol. The number of amides is 1. The number of carbonyl (C=O) groups is 1. The number of nitrogens with one attached hydrogen (secondary N) is 1. The van der Waals surface area contributed by atoms with Gasteiger partial charge in [-0.1, -0.05) is 5.16 Å². The van der Waals surface area contributed by atoms with Gasteiger partial charge in [-0.05, 0) is 26.7 Å². The predicted molar refractivity (Wildman–Crippen MR) is 93.3 cm³/mol. The minimum absolute atomic E-state index is 0.135. The summed E-state index contributed by atoms with van der Waals surface area (Å²) in [5.41, 5.74) is 1.96. The molecule has 1 N–H and O–H groups in total. The highest BCUT2D eigenvalue weighted by molar-refractivity contribution is 5.82. The number of ether oxygens (including phenoxy) is 1. The van der Waals surface area contributed by atoms with Gasteiger partial charge in [-0.3, -0.25) is 9.79 Å². The average Bonchev–Trinajstić information content (AvgIpc) is 3.27. The van der Waals surface area contributed by atoms with Crippen LogP contribution in [-0.2, 0) is 16.1 Å². The smallest absolute Gasteiger partial charge is 0.251 e. The lowest BCUT2D eigenvalue weighted by Gasteiger charge is -2.37. The van der Waals surface area contributed by atoms with Crippen LogP contribution in [0.4, 0.5) is 0 Å².